The van der Waals surface area contributed by atoms with E-state index < -0.39 is 0 Å². The van der Waals surface area contributed by atoms with Crippen LogP contribution in [0.2, 0.25) is 0 Å². The lowest BCUT2D eigenvalue weighted by atomic mass is 10.1. The number of nitrogen functional groups attached to an aromatic ring is 1. The molecule has 264 valence electrons. The minimum absolute atomic E-state index is 0.599. The summed E-state index contributed by atoms with van der Waals surface area (Å²) in [6.45, 7) is 6.39. The zero-order valence-corrected chi connectivity index (χ0v) is 30.8. The molecule has 7 nitrogen and oxygen atoms in total. The molecule has 0 spiro atoms. The van der Waals surface area contributed by atoms with Crippen LogP contribution in [0.1, 0.15) is 16.7 Å². The summed E-state index contributed by atoms with van der Waals surface area (Å²) in [4.78, 5) is 15.8. The van der Waals surface area contributed by atoms with Gasteiger partial charge in [0.2, 0.25) is 0 Å². The fourth-order valence-corrected chi connectivity index (χ4v) is 7.95. The molecular weight excluding hydrogens is 675 g/mol. The van der Waals surface area contributed by atoms with Gasteiger partial charge < -0.3 is 5.73 Å². The zero-order chi connectivity index (χ0) is 37.2. The molecule has 0 radical (unpaired) electrons. The quantitative estimate of drug-likeness (QED) is 0.174. The normalized spacial score (nSPS) is 11.6. The van der Waals surface area contributed by atoms with Gasteiger partial charge in [-0.05, 0) is 86.0 Å². The number of para-hydroxylation sites is 6. The van der Waals surface area contributed by atoms with Gasteiger partial charge in [0.05, 0.1) is 55.8 Å². The van der Waals surface area contributed by atoms with Gasteiger partial charge in [-0.25, -0.2) is 15.0 Å². The topological polar surface area (TPSA) is 79.5 Å². The Balaban J connectivity index is 1.38. The Bertz CT molecular complexity index is 2960. The van der Waals surface area contributed by atoms with E-state index in [0.717, 1.165) is 101 Å². The summed E-state index contributed by atoms with van der Waals surface area (Å²) in [5.74, 6) is 2.49. The molecule has 7 heteroatoms. The van der Waals surface area contributed by atoms with E-state index in [0.29, 0.717) is 5.69 Å². The van der Waals surface area contributed by atoms with Crippen LogP contribution in [0.3, 0.4) is 0 Å². The number of imidazole rings is 3. The van der Waals surface area contributed by atoms with E-state index in [4.69, 9.17) is 20.7 Å². The van der Waals surface area contributed by atoms with E-state index in [1.807, 2.05) is 18.2 Å². The molecule has 0 amide bonds. The van der Waals surface area contributed by atoms with Crippen LogP contribution in [0.5, 0.6) is 0 Å². The predicted octanol–water partition coefficient (Wildman–Crippen LogP) is 11.2. The van der Waals surface area contributed by atoms with Crippen molar-refractivity contribution in [1.82, 2.24) is 28.7 Å². The lowest BCUT2D eigenvalue weighted by Crippen LogP contribution is -2.11. The number of benzene rings is 7. The summed E-state index contributed by atoms with van der Waals surface area (Å²) in [5.41, 5.74) is 22.8. The van der Waals surface area contributed by atoms with Gasteiger partial charge in [0.1, 0.15) is 17.5 Å². The minimum Gasteiger partial charge on any atom is -0.395 e. The molecule has 55 heavy (non-hydrogen) atoms. The smallest absolute Gasteiger partial charge is 0.146 e. The fourth-order valence-electron chi connectivity index (χ4n) is 7.95. The maximum Gasteiger partial charge on any atom is 0.146 e. The van der Waals surface area contributed by atoms with Crippen LogP contribution in [0.15, 0.2) is 158 Å². The van der Waals surface area contributed by atoms with Gasteiger partial charge in [-0.3, -0.25) is 13.7 Å². The molecule has 0 aliphatic heterocycles. The molecule has 0 aliphatic carbocycles. The summed E-state index contributed by atoms with van der Waals surface area (Å²) in [6.07, 6.45) is 0. The average Bonchev–Trinajstić information content (AvgIpc) is 3.90. The number of hydrogen-bond donors (Lipinski definition) is 1. The van der Waals surface area contributed by atoms with Gasteiger partial charge in [0.15, 0.2) is 0 Å². The summed E-state index contributed by atoms with van der Waals surface area (Å²) < 4.78 is 6.71. The monoisotopic (exact) mass is 711 g/mol. The largest absolute Gasteiger partial charge is 0.395 e. The van der Waals surface area contributed by atoms with Crippen molar-refractivity contribution < 1.29 is 0 Å². The Morgan fingerprint density at radius 3 is 1.07 bits per heavy atom. The third-order valence-electron chi connectivity index (χ3n) is 10.7. The standard InChI is InChI=1S/C48H37N7/c1-30-16-4-7-19-34(30)46-50-37-22-10-13-25-40(37)53(46)33-28-43(54-41-26-14-11-23-38(41)51-47(54)35-20-8-5-17-31(35)2)45(49)44(29-33)55-42-27-15-12-24-39(42)52-48(55)36-21-9-6-18-32(36)3/h4-29H,49H2,1-3H3. The second kappa shape index (κ2) is 12.7. The van der Waals surface area contributed by atoms with Crippen molar-refractivity contribution >= 4 is 38.8 Å². The third-order valence-corrected chi connectivity index (χ3v) is 10.7. The minimum atomic E-state index is 0.599. The van der Waals surface area contributed by atoms with Gasteiger partial charge in [0, 0.05) is 16.7 Å². The van der Waals surface area contributed by atoms with Crippen molar-refractivity contribution in [2.75, 3.05) is 5.73 Å². The van der Waals surface area contributed by atoms with Gasteiger partial charge in [-0.1, -0.05) is 109 Å². The Hall–Kier alpha value is -7.25. The molecule has 0 saturated carbocycles. The number of nitrogens with two attached hydrogens (primary N) is 1. The van der Waals surface area contributed by atoms with Crippen LogP contribution < -0.4 is 5.73 Å². The van der Waals surface area contributed by atoms with E-state index >= 15 is 0 Å². The van der Waals surface area contributed by atoms with Crippen molar-refractivity contribution in [3.63, 3.8) is 0 Å². The van der Waals surface area contributed by atoms with Crippen molar-refractivity contribution in [3.05, 3.63) is 174 Å². The van der Waals surface area contributed by atoms with E-state index in [1.165, 1.54) is 0 Å². The molecule has 2 N–H and O–H groups in total. The second-order valence-electron chi connectivity index (χ2n) is 14.1. The highest BCUT2D eigenvalue weighted by molar-refractivity contribution is 5.92. The highest BCUT2D eigenvalue weighted by atomic mass is 15.1. The number of fused-ring (bicyclic) bond motifs is 3. The lowest BCUT2D eigenvalue weighted by molar-refractivity contribution is 1.04. The molecule has 0 saturated heterocycles. The Labute approximate surface area is 318 Å². The second-order valence-corrected chi connectivity index (χ2v) is 14.1. The highest BCUT2D eigenvalue weighted by Crippen LogP contribution is 2.41. The summed E-state index contributed by atoms with van der Waals surface area (Å²) in [6, 6.07) is 54.4. The Kier molecular flexibility index (Phi) is 7.49. The van der Waals surface area contributed by atoms with Crippen LogP contribution in [-0.4, -0.2) is 28.7 Å². The number of anilines is 1. The molecule has 0 atom stereocenters. The van der Waals surface area contributed by atoms with Crippen LogP contribution in [0.4, 0.5) is 5.69 Å². The van der Waals surface area contributed by atoms with Gasteiger partial charge >= 0.3 is 0 Å². The average molecular weight is 712 g/mol. The summed E-state index contributed by atoms with van der Waals surface area (Å²) >= 11 is 0. The first-order valence-corrected chi connectivity index (χ1v) is 18.5. The first-order valence-electron chi connectivity index (χ1n) is 18.5. The summed E-state index contributed by atoms with van der Waals surface area (Å²) in [5, 5.41) is 0. The zero-order valence-electron chi connectivity index (χ0n) is 30.8. The third kappa shape index (κ3) is 5.16. The van der Waals surface area contributed by atoms with Gasteiger partial charge in [-0.2, -0.15) is 0 Å². The maximum absolute atomic E-state index is 7.60. The molecule has 10 aromatic rings. The van der Waals surface area contributed by atoms with E-state index in [1.54, 1.807) is 0 Å². The number of aryl methyl sites for hydroxylation is 3. The number of rotatable bonds is 6. The van der Waals surface area contributed by atoms with Crippen LogP contribution in [-0.2, 0) is 0 Å². The fraction of sp³-hybridized carbons (Fsp3) is 0.0625. The lowest BCUT2D eigenvalue weighted by Gasteiger charge is -2.21. The maximum atomic E-state index is 7.60. The molecule has 3 heterocycles. The molecule has 10 rings (SSSR count). The van der Waals surface area contributed by atoms with Crippen molar-refractivity contribution in [3.8, 4) is 51.2 Å². The van der Waals surface area contributed by atoms with Crippen LogP contribution in [0.25, 0.3) is 84.3 Å². The number of aromatic nitrogens is 6. The Morgan fingerprint density at radius 2 is 0.691 bits per heavy atom. The highest BCUT2D eigenvalue weighted by Gasteiger charge is 2.25. The first-order chi connectivity index (χ1) is 27.0. The molecule has 3 aromatic heterocycles. The molecule has 0 unspecified atom stereocenters. The summed E-state index contributed by atoms with van der Waals surface area (Å²) in [7, 11) is 0. The SMILES string of the molecule is Cc1ccccc1-c1nc2ccccc2n1-c1cc(-n2c(-c3ccccc3C)nc3ccccc32)c(N)c(-n2c(-c3ccccc3C)nc3ccccc32)c1. The molecule has 0 fully saturated rings. The van der Waals surface area contributed by atoms with Crippen molar-refractivity contribution in [1.29, 1.82) is 0 Å². The van der Waals surface area contributed by atoms with Gasteiger partial charge in [-0.15, -0.1) is 0 Å². The predicted molar refractivity (Wildman–Crippen MR) is 225 cm³/mol. The molecule has 0 aliphatic rings. The van der Waals surface area contributed by atoms with E-state index in [-0.39, 0.29) is 0 Å². The molecular formula is C48H37N7. The van der Waals surface area contributed by atoms with Crippen LogP contribution >= 0.6 is 0 Å². The van der Waals surface area contributed by atoms with Gasteiger partial charge in [0.25, 0.3) is 0 Å². The van der Waals surface area contributed by atoms with Crippen molar-refractivity contribution in [2.24, 2.45) is 0 Å². The molecule has 0 bridgehead atoms. The molecule has 7 aromatic carbocycles. The number of nitrogens with zero attached hydrogens (tertiary/aromatic N) is 6. The van der Waals surface area contributed by atoms with Crippen LogP contribution in [0, 0.1) is 20.8 Å². The first kappa shape index (κ1) is 32.4. The number of hydrogen-bond acceptors (Lipinski definition) is 4. The van der Waals surface area contributed by atoms with E-state index in [9.17, 15) is 0 Å². The van der Waals surface area contributed by atoms with Crippen molar-refractivity contribution in [2.45, 2.75) is 20.8 Å². The Morgan fingerprint density at radius 1 is 0.382 bits per heavy atom. The van der Waals surface area contributed by atoms with E-state index in [2.05, 4.69) is 174 Å².